The van der Waals surface area contributed by atoms with Crippen molar-refractivity contribution in [1.82, 2.24) is 0 Å². The van der Waals surface area contributed by atoms with E-state index in [1.54, 1.807) is 0 Å². The fraction of sp³-hybridized carbons (Fsp3) is 0.435. The number of hydrogen-bond acceptors (Lipinski definition) is 2. The fourth-order valence-electron chi connectivity index (χ4n) is 3.56. The SMILES string of the molecule is Cc1cccc(C2C(=O)Oc3c2cc(C(C)C)cc3C(C)(C)C)c1C. The first kappa shape index (κ1) is 17.7. The van der Waals surface area contributed by atoms with Gasteiger partial charge in [-0.25, -0.2) is 0 Å². The van der Waals surface area contributed by atoms with Crippen molar-refractivity contribution in [3.05, 3.63) is 63.7 Å². The Kier molecular flexibility index (Phi) is 4.26. The first-order chi connectivity index (χ1) is 11.6. The van der Waals surface area contributed by atoms with Crippen LogP contribution in [-0.2, 0) is 10.2 Å². The van der Waals surface area contributed by atoms with E-state index in [0.717, 1.165) is 22.4 Å². The molecule has 0 radical (unpaired) electrons. The van der Waals surface area contributed by atoms with Crippen LogP contribution in [0.1, 0.15) is 79.8 Å². The Hall–Kier alpha value is -2.09. The molecule has 0 aliphatic carbocycles. The van der Waals surface area contributed by atoms with Crippen molar-refractivity contribution in [2.75, 3.05) is 0 Å². The number of aryl methyl sites for hydroxylation is 1. The highest BCUT2D eigenvalue weighted by atomic mass is 16.5. The van der Waals surface area contributed by atoms with Gasteiger partial charge in [-0.3, -0.25) is 4.79 Å². The predicted octanol–water partition coefficient (Wildman–Crippen LogP) is 5.78. The van der Waals surface area contributed by atoms with Crippen LogP contribution < -0.4 is 4.74 Å². The van der Waals surface area contributed by atoms with Gasteiger partial charge in [-0.1, -0.05) is 65.0 Å². The van der Waals surface area contributed by atoms with Crippen LogP contribution in [0.15, 0.2) is 30.3 Å². The zero-order valence-corrected chi connectivity index (χ0v) is 16.4. The van der Waals surface area contributed by atoms with Gasteiger partial charge in [0.15, 0.2) is 0 Å². The largest absolute Gasteiger partial charge is 0.425 e. The molecule has 1 heterocycles. The van der Waals surface area contributed by atoms with Crippen LogP contribution in [-0.4, -0.2) is 5.97 Å². The minimum Gasteiger partial charge on any atom is -0.425 e. The Bertz CT molecular complexity index is 838. The summed E-state index contributed by atoms with van der Waals surface area (Å²) in [6.07, 6.45) is 0. The van der Waals surface area contributed by atoms with Crippen molar-refractivity contribution in [3.8, 4) is 5.75 Å². The zero-order chi connectivity index (χ0) is 18.5. The number of esters is 1. The van der Waals surface area contributed by atoms with Crippen LogP contribution in [0.25, 0.3) is 0 Å². The summed E-state index contributed by atoms with van der Waals surface area (Å²) < 4.78 is 5.82. The minimum absolute atomic E-state index is 0.0776. The number of carbonyl (C=O) groups excluding carboxylic acids is 1. The average Bonchev–Trinajstić information content (AvgIpc) is 2.83. The third-order valence-electron chi connectivity index (χ3n) is 5.32. The van der Waals surface area contributed by atoms with E-state index in [1.807, 2.05) is 6.07 Å². The molecule has 1 atom stereocenters. The van der Waals surface area contributed by atoms with Crippen molar-refractivity contribution < 1.29 is 9.53 Å². The van der Waals surface area contributed by atoms with Gasteiger partial charge in [0.05, 0.1) is 0 Å². The number of rotatable bonds is 2. The molecule has 1 aliphatic rings. The highest BCUT2D eigenvalue weighted by Gasteiger charge is 2.39. The molecule has 0 fully saturated rings. The second kappa shape index (κ2) is 6.01. The Morgan fingerprint density at radius 2 is 1.72 bits per heavy atom. The molecule has 1 unspecified atom stereocenters. The zero-order valence-electron chi connectivity index (χ0n) is 16.4. The van der Waals surface area contributed by atoms with Gasteiger partial charge in [0.25, 0.3) is 0 Å². The minimum atomic E-state index is -0.324. The van der Waals surface area contributed by atoms with Crippen LogP contribution in [0, 0.1) is 13.8 Å². The molecule has 0 saturated heterocycles. The molecule has 25 heavy (non-hydrogen) atoms. The molecule has 2 aromatic rings. The molecular formula is C23H28O2. The first-order valence-electron chi connectivity index (χ1n) is 9.07. The fourth-order valence-corrected chi connectivity index (χ4v) is 3.56. The quantitative estimate of drug-likeness (QED) is 0.513. The second-order valence-corrected chi connectivity index (χ2v) is 8.53. The second-order valence-electron chi connectivity index (χ2n) is 8.53. The molecule has 0 N–H and O–H groups in total. The van der Waals surface area contributed by atoms with Gasteiger partial charge < -0.3 is 4.74 Å². The summed E-state index contributed by atoms with van der Waals surface area (Å²) in [5.74, 6) is 0.693. The Labute approximate surface area is 151 Å². The van der Waals surface area contributed by atoms with Crippen molar-refractivity contribution in [1.29, 1.82) is 0 Å². The van der Waals surface area contributed by atoms with E-state index in [2.05, 4.69) is 72.7 Å². The third kappa shape index (κ3) is 2.99. The van der Waals surface area contributed by atoms with Crippen LogP contribution in [0.5, 0.6) is 5.75 Å². The van der Waals surface area contributed by atoms with Crippen molar-refractivity contribution in [3.63, 3.8) is 0 Å². The molecule has 0 bridgehead atoms. The van der Waals surface area contributed by atoms with E-state index in [0.29, 0.717) is 5.92 Å². The lowest BCUT2D eigenvalue weighted by atomic mass is 9.80. The highest BCUT2D eigenvalue weighted by molar-refractivity contribution is 5.91. The van der Waals surface area contributed by atoms with Gasteiger partial charge in [-0.2, -0.15) is 0 Å². The van der Waals surface area contributed by atoms with E-state index >= 15 is 0 Å². The van der Waals surface area contributed by atoms with Gasteiger partial charge in [-0.15, -0.1) is 0 Å². The molecule has 0 spiro atoms. The average molecular weight is 336 g/mol. The predicted molar refractivity (Wildman–Crippen MR) is 103 cm³/mol. The number of fused-ring (bicyclic) bond motifs is 1. The van der Waals surface area contributed by atoms with Crippen LogP contribution >= 0.6 is 0 Å². The van der Waals surface area contributed by atoms with E-state index in [1.165, 1.54) is 16.7 Å². The maximum atomic E-state index is 12.8. The molecule has 0 aromatic heterocycles. The van der Waals surface area contributed by atoms with E-state index in [4.69, 9.17) is 4.74 Å². The van der Waals surface area contributed by atoms with Gasteiger partial charge in [-0.05, 0) is 47.4 Å². The number of benzene rings is 2. The van der Waals surface area contributed by atoms with E-state index in [-0.39, 0.29) is 17.3 Å². The molecular weight excluding hydrogens is 308 g/mol. The number of hydrogen-bond donors (Lipinski definition) is 0. The van der Waals surface area contributed by atoms with Crippen molar-refractivity contribution in [2.45, 2.75) is 65.7 Å². The molecule has 2 aromatic carbocycles. The summed E-state index contributed by atoms with van der Waals surface area (Å²) in [7, 11) is 0. The summed E-state index contributed by atoms with van der Waals surface area (Å²) in [5.41, 5.74) is 6.76. The molecule has 3 rings (SSSR count). The molecule has 2 nitrogen and oxygen atoms in total. The Morgan fingerprint density at radius 3 is 2.32 bits per heavy atom. The normalized spacial score (nSPS) is 17.0. The molecule has 132 valence electrons. The molecule has 0 amide bonds. The summed E-state index contributed by atoms with van der Waals surface area (Å²) in [5, 5.41) is 0. The molecule has 0 saturated carbocycles. The maximum absolute atomic E-state index is 12.8. The van der Waals surface area contributed by atoms with Crippen LogP contribution in [0.3, 0.4) is 0 Å². The lowest BCUT2D eigenvalue weighted by molar-refractivity contribution is -0.133. The van der Waals surface area contributed by atoms with E-state index < -0.39 is 0 Å². The Balaban J connectivity index is 2.27. The van der Waals surface area contributed by atoms with Gasteiger partial charge in [0, 0.05) is 11.1 Å². The summed E-state index contributed by atoms with van der Waals surface area (Å²) >= 11 is 0. The number of ether oxygens (including phenoxy) is 1. The third-order valence-corrected chi connectivity index (χ3v) is 5.32. The summed E-state index contributed by atoms with van der Waals surface area (Å²) in [4.78, 5) is 12.8. The van der Waals surface area contributed by atoms with Gasteiger partial charge in [0.1, 0.15) is 11.7 Å². The van der Waals surface area contributed by atoms with Crippen molar-refractivity contribution >= 4 is 5.97 Å². The van der Waals surface area contributed by atoms with Crippen LogP contribution in [0.2, 0.25) is 0 Å². The standard InChI is InChI=1S/C23H28O2/c1-13(2)16-11-18-20(17-10-8-9-14(3)15(17)4)22(24)25-21(18)19(12-16)23(5,6)7/h8-13,20H,1-7H3. The molecule has 1 aliphatic heterocycles. The monoisotopic (exact) mass is 336 g/mol. The van der Waals surface area contributed by atoms with Gasteiger partial charge >= 0.3 is 5.97 Å². The number of carbonyl (C=O) groups is 1. The van der Waals surface area contributed by atoms with Gasteiger partial charge in [0.2, 0.25) is 0 Å². The lowest BCUT2D eigenvalue weighted by Gasteiger charge is -2.24. The highest BCUT2D eigenvalue weighted by Crippen LogP contribution is 2.47. The maximum Gasteiger partial charge on any atom is 0.323 e. The van der Waals surface area contributed by atoms with Crippen molar-refractivity contribution in [2.24, 2.45) is 0 Å². The Morgan fingerprint density at radius 1 is 1.04 bits per heavy atom. The summed E-state index contributed by atoms with van der Waals surface area (Å²) in [6, 6.07) is 10.6. The topological polar surface area (TPSA) is 26.3 Å². The van der Waals surface area contributed by atoms with E-state index in [9.17, 15) is 4.79 Å². The first-order valence-corrected chi connectivity index (χ1v) is 9.07. The molecule has 2 heteroatoms. The summed E-state index contributed by atoms with van der Waals surface area (Å²) in [6.45, 7) is 15.1. The lowest BCUT2D eigenvalue weighted by Crippen LogP contribution is -2.14. The smallest absolute Gasteiger partial charge is 0.323 e. The van der Waals surface area contributed by atoms with Crippen LogP contribution in [0.4, 0.5) is 0 Å².